The Labute approximate surface area is 191 Å². The summed E-state index contributed by atoms with van der Waals surface area (Å²) in [5.74, 6) is 2.31. The van der Waals surface area contributed by atoms with Crippen LogP contribution in [0.3, 0.4) is 0 Å². The number of pyridine rings is 1. The minimum Gasteiger partial charge on any atom is -0.305 e. The van der Waals surface area contributed by atoms with Gasteiger partial charge in [0.15, 0.2) is 4.80 Å². The first kappa shape index (κ1) is 19.7. The topological polar surface area (TPSA) is 47.2 Å². The van der Waals surface area contributed by atoms with Crippen LogP contribution in [0, 0.1) is 12.3 Å². The van der Waals surface area contributed by atoms with E-state index < -0.39 is 0 Å². The third kappa shape index (κ3) is 3.68. The molecule has 4 nitrogen and oxygen atoms in total. The highest BCUT2D eigenvalue weighted by atomic mass is 35.5. The summed E-state index contributed by atoms with van der Waals surface area (Å²) in [7, 11) is 0. The van der Waals surface area contributed by atoms with E-state index in [0.29, 0.717) is 21.9 Å². The molecule has 0 bridgehead atoms. The van der Waals surface area contributed by atoms with E-state index in [0.717, 1.165) is 31.7 Å². The Balaban J connectivity index is 1.72. The normalized spacial score (nSPS) is 11.8. The molecule has 0 aliphatic carbocycles. The SMILES string of the molecule is C#CCn1c(=NC(=O)c2cc(-c3cccs3)nc3ccccc23)sc2cc(Cl)ccc21. The predicted molar refractivity (Wildman–Crippen MR) is 129 cm³/mol. The highest BCUT2D eigenvalue weighted by Crippen LogP contribution is 2.28. The van der Waals surface area contributed by atoms with Gasteiger partial charge in [0, 0.05) is 10.4 Å². The third-order valence-electron chi connectivity index (χ3n) is 4.81. The van der Waals surface area contributed by atoms with Gasteiger partial charge in [-0.05, 0) is 41.8 Å². The molecule has 3 aromatic heterocycles. The molecule has 3 heterocycles. The summed E-state index contributed by atoms with van der Waals surface area (Å²) in [5.41, 5.74) is 2.92. The number of benzene rings is 2. The first-order valence-electron chi connectivity index (χ1n) is 9.39. The number of hydrogen-bond acceptors (Lipinski definition) is 4. The van der Waals surface area contributed by atoms with Crippen molar-refractivity contribution in [3.8, 4) is 22.9 Å². The Morgan fingerprint density at radius 2 is 2.03 bits per heavy atom. The van der Waals surface area contributed by atoms with Crippen molar-refractivity contribution in [2.24, 2.45) is 4.99 Å². The van der Waals surface area contributed by atoms with Crippen LogP contribution in [0.2, 0.25) is 5.02 Å². The number of carbonyl (C=O) groups excluding carboxylic acids is 1. The average molecular weight is 460 g/mol. The average Bonchev–Trinajstić information content (AvgIpc) is 3.42. The van der Waals surface area contributed by atoms with E-state index >= 15 is 0 Å². The van der Waals surface area contributed by atoms with Gasteiger partial charge in [0.1, 0.15) is 0 Å². The first-order valence-corrected chi connectivity index (χ1v) is 11.5. The largest absolute Gasteiger partial charge is 0.305 e. The molecule has 0 aliphatic heterocycles. The van der Waals surface area contributed by atoms with E-state index in [4.69, 9.17) is 23.0 Å². The van der Waals surface area contributed by atoms with Gasteiger partial charge < -0.3 is 4.57 Å². The van der Waals surface area contributed by atoms with E-state index in [9.17, 15) is 4.79 Å². The van der Waals surface area contributed by atoms with Crippen LogP contribution in [0.25, 0.3) is 31.7 Å². The Kier molecular flexibility index (Phi) is 5.16. The lowest BCUT2D eigenvalue weighted by Crippen LogP contribution is -2.16. The number of terminal acetylenes is 1. The molecular formula is C24H14ClN3OS2. The molecule has 0 unspecified atom stereocenters. The van der Waals surface area contributed by atoms with Crippen molar-refractivity contribution < 1.29 is 4.79 Å². The lowest BCUT2D eigenvalue weighted by Gasteiger charge is -2.06. The Morgan fingerprint density at radius 3 is 2.84 bits per heavy atom. The van der Waals surface area contributed by atoms with Crippen molar-refractivity contribution in [3.05, 3.63) is 81.4 Å². The van der Waals surface area contributed by atoms with Crippen molar-refractivity contribution >= 4 is 61.3 Å². The lowest BCUT2D eigenvalue weighted by atomic mass is 10.1. The molecule has 0 saturated carbocycles. The van der Waals surface area contributed by atoms with Gasteiger partial charge in [-0.1, -0.05) is 53.1 Å². The fourth-order valence-electron chi connectivity index (χ4n) is 3.43. The van der Waals surface area contributed by atoms with E-state index in [1.807, 2.05) is 64.5 Å². The maximum atomic E-state index is 13.4. The van der Waals surface area contributed by atoms with Gasteiger partial charge >= 0.3 is 0 Å². The smallest absolute Gasteiger partial charge is 0.280 e. The van der Waals surface area contributed by atoms with Gasteiger partial charge in [0.05, 0.1) is 38.4 Å². The van der Waals surface area contributed by atoms with Crippen molar-refractivity contribution in [1.82, 2.24) is 9.55 Å². The standard InChI is InChI=1S/C24H14ClN3OS2/c1-2-11-28-20-10-9-15(25)13-22(20)31-24(28)27-23(29)17-14-19(21-8-5-12-30-21)26-18-7-4-3-6-16(17)18/h1,3-10,12-14H,11H2. The number of thiazole rings is 1. The molecule has 5 rings (SSSR count). The number of hydrogen-bond donors (Lipinski definition) is 0. The molecular weight excluding hydrogens is 446 g/mol. The van der Waals surface area contributed by atoms with Gasteiger partial charge in [0.25, 0.3) is 5.91 Å². The van der Waals surface area contributed by atoms with Crippen LogP contribution in [0.15, 0.2) is 71.0 Å². The van der Waals surface area contributed by atoms with Crippen LogP contribution in [0.4, 0.5) is 0 Å². The zero-order valence-electron chi connectivity index (χ0n) is 16.1. The van der Waals surface area contributed by atoms with E-state index in [1.54, 1.807) is 17.4 Å². The van der Waals surface area contributed by atoms with E-state index in [1.165, 1.54) is 11.3 Å². The van der Waals surface area contributed by atoms with Crippen LogP contribution in [-0.4, -0.2) is 15.5 Å². The summed E-state index contributed by atoms with van der Waals surface area (Å²) in [5, 5.41) is 3.38. The molecule has 0 N–H and O–H groups in total. The Morgan fingerprint density at radius 1 is 1.16 bits per heavy atom. The van der Waals surface area contributed by atoms with Crippen molar-refractivity contribution in [2.45, 2.75) is 6.54 Å². The van der Waals surface area contributed by atoms with Gasteiger partial charge in [0.2, 0.25) is 0 Å². The second-order valence-corrected chi connectivity index (χ2v) is 9.15. The van der Waals surface area contributed by atoms with E-state index in [2.05, 4.69) is 10.9 Å². The number of thiophene rings is 1. The van der Waals surface area contributed by atoms with Gasteiger partial charge in [-0.15, -0.1) is 17.8 Å². The molecule has 5 aromatic rings. The maximum absolute atomic E-state index is 13.4. The summed E-state index contributed by atoms with van der Waals surface area (Å²) in [6.45, 7) is 0.311. The van der Waals surface area contributed by atoms with Crippen LogP contribution in [-0.2, 0) is 6.54 Å². The molecule has 0 fully saturated rings. The maximum Gasteiger partial charge on any atom is 0.280 e. The van der Waals surface area contributed by atoms with Gasteiger partial charge in [-0.25, -0.2) is 4.98 Å². The highest BCUT2D eigenvalue weighted by molar-refractivity contribution is 7.16. The van der Waals surface area contributed by atoms with Crippen LogP contribution >= 0.6 is 34.3 Å². The second-order valence-electron chi connectivity index (χ2n) is 6.75. The zero-order chi connectivity index (χ0) is 21.4. The number of para-hydroxylation sites is 1. The molecule has 0 atom stereocenters. The van der Waals surface area contributed by atoms with Crippen LogP contribution in [0.5, 0.6) is 0 Å². The lowest BCUT2D eigenvalue weighted by molar-refractivity contribution is 0.0999. The number of fused-ring (bicyclic) bond motifs is 2. The number of aromatic nitrogens is 2. The van der Waals surface area contributed by atoms with Crippen LogP contribution < -0.4 is 4.80 Å². The Bertz CT molecular complexity index is 1560. The molecule has 1 amide bonds. The number of rotatable bonds is 3. The summed E-state index contributed by atoms with van der Waals surface area (Å²) in [4.78, 5) is 24.1. The monoisotopic (exact) mass is 459 g/mol. The zero-order valence-corrected chi connectivity index (χ0v) is 18.5. The minimum atomic E-state index is -0.333. The molecule has 0 radical (unpaired) electrons. The molecule has 0 spiro atoms. The Hall–Kier alpha value is -3.24. The van der Waals surface area contributed by atoms with Crippen molar-refractivity contribution in [2.75, 3.05) is 0 Å². The predicted octanol–water partition coefficient (Wildman–Crippen LogP) is 6.01. The quantitative estimate of drug-likeness (QED) is 0.310. The number of nitrogens with zero attached hydrogens (tertiary/aromatic N) is 3. The molecule has 150 valence electrons. The first-order chi connectivity index (χ1) is 15.1. The molecule has 2 aromatic carbocycles. The van der Waals surface area contributed by atoms with E-state index in [-0.39, 0.29) is 5.91 Å². The molecule has 31 heavy (non-hydrogen) atoms. The number of amides is 1. The number of carbonyl (C=O) groups is 1. The van der Waals surface area contributed by atoms with Crippen LogP contribution in [0.1, 0.15) is 10.4 Å². The minimum absolute atomic E-state index is 0.311. The molecule has 0 saturated heterocycles. The molecule has 7 heteroatoms. The molecule has 0 aliphatic rings. The fraction of sp³-hybridized carbons (Fsp3) is 0.0417. The summed E-state index contributed by atoms with van der Waals surface area (Å²) >= 11 is 9.12. The number of halogens is 1. The van der Waals surface area contributed by atoms with Crippen molar-refractivity contribution in [3.63, 3.8) is 0 Å². The second kappa shape index (κ2) is 8.12. The summed E-state index contributed by atoms with van der Waals surface area (Å²) in [6.07, 6.45) is 5.57. The summed E-state index contributed by atoms with van der Waals surface area (Å²) < 4.78 is 2.78. The fourth-order valence-corrected chi connectivity index (χ4v) is 5.42. The summed E-state index contributed by atoms with van der Waals surface area (Å²) in [6, 6.07) is 18.9. The third-order valence-corrected chi connectivity index (χ3v) is 6.98. The van der Waals surface area contributed by atoms with Crippen molar-refractivity contribution in [1.29, 1.82) is 0 Å². The van der Waals surface area contributed by atoms with Gasteiger partial charge in [-0.3, -0.25) is 4.79 Å². The highest BCUT2D eigenvalue weighted by Gasteiger charge is 2.15. The van der Waals surface area contributed by atoms with Gasteiger partial charge in [-0.2, -0.15) is 4.99 Å².